The second kappa shape index (κ2) is 6.73. The Morgan fingerprint density at radius 3 is 2.12 bits per heavy atom. The van der Waals surface area contributed by atoms with Gasteiger partial charge in [-0.25, -0.2) is 0 Å². The average Bonchev–Trinajstić information content (AvgIpc) is 2.81. The van der Waals surface area contributed by atoms with Gasteiger partial charge in [0.15, 0.2) is 0 Å². The molecule has 2 aromatic rings. The highest BCUT2D eigenvalue weighted by Crippen LogP contribution is 2.37. The summed E-state index contributed by atoms with van der Waals surface area (Å²) in [6.07, 6.45) is 0. The highest BCUT2D eigenvalue weighted by Gasteiger charge is 2.52. The quantitative estimate of drug-likeness (QED) is 0.768. The molecule has 0 atom stereocenters. The van der Waals surface area contributed by atoms with Gasteiger partial charge in [0.25, 0.3) is 5.91 Å². The molecular formula is C20H23BClNO3. The van der Waals surface area contributed by atoms with Gasteiger partial charge in [0.1, 0.15) is 0 Å². The third kappa shape index (κ3) is 3.39. The van der Waals surface area contributed by atoms with Gasteiger partial charge >= 0.3 is 7.12 Å². The van der Waals surface area contributed by atoms with Crippen LogP contribution in [-0.4, -0.2) is 31.3 Å². The lowest BCUT2D eigenvalue weighted by molar-refractivity contribution is 0.00578. The van der Waals surface area contributed by atoms with Crippen molar-refractivity contribution < 1.29 is 14.1 Å². The number of hydrogen-bond donors (Lipinski definition) is 0. The molecule has 1 heterocycles. The van der Waals surface area contributed by atoms with Crippen molar-refractivity contribution in [1.29, 1.82) is 0 Å². The van der Waals surface area contributed by atoms with E-state index >= 15 is 0 Å². The number of carbonyl (C=O) groups excluding carboxylic acids is 1. The Hall–Kier alpha value is -1.82. The first-order valence-corrected chi connectivity index (χ1v) is 8.98. The summed E-state index contributed by atoms with van der Waals surface area (Å²) in [5.41, 5.74) is 1.18. The molecule has 26 heavy (non-hydrogen) atoms. The number of benzene rings is 2. The molecular weight excluding hydrogens is 348 g/mol. The molecule has 0 radical (unpaired) electrons. The lowest BCUT2D eigenvalue weighted by atomic mass is 9.78. The van der Waals surface area contributed by atoms with E-state index in [9.17, 15) is 4.79 Å². The molecule has 0 aromatic heterocycles. The number of amides is 1. The van der Waals surface area contributed by atoms with Crippen LogP contribution >= 0.6 is 11.6 Å². The molecule has 3 rings (SSSR count). The zero-order valence-electron chi connectivity index (χ0n) is 15.7. The van der Waals surface area contributed by atoms with E-state index in [1.165, 1.54) is 0 Å². The second-order valence-electron chi connectivity index (χ2n) is 7.52. The maximum atomic E-state index is 12.7. The molecule has 0 spiro atoms. The number of halogens is 1. The molecule has 0 unspecified atom stereocenters. The number of anilines is 1. The van der Waals surface area contributed by atoms with Crippen molar-refractivity contribution in [2.24, 2.45) is 0 Å². The highest BCUT2D eigenvalue weighted by molar-refractivity contribution is 6.65. The number of hydrogen-bond acceptors (Lipinski definition) is 3. The van der Waals surface area contributed by atoms with E-state index in [0.717, 1.165) is 11.2 Å². The van der Waals surface area contributed by atoms with Crippen LogP contribution in [0, 0.1) is 0 Å². The first-order chi connectivity index (χ1) is 12.1. The number of carbonyl (C=O) groups is 1. The van der Waals surface area contributed by atoms with Crippen LogP contribution in [0.15, 0.2) is 48.5 Å². The predicted octanol–water partition coefficient (Wildman–Crippen LogP) is 3.92. The SMILES string of the molecule is CN(C(=O)c1ccc(B2OC(C)(C)C(C)(C)O2)c(Cl)c1)c1ccccc1. The zero-order valence-corrected chi connectivity index (χ0v) is 16.5. The molecule has 2 aromatic carbocycles. The van der Waals surface area contributed by atoms with E-state index in [1.807, 2.05) is 58.0 Å². The smallest absolute Gasteiger partial charge is 0.399 e. The van der Waals surface area contributed by atoms with E-state index in [1.54, 1.807) is 30.1 Å². The predicted molar refractivity (Wildman–Crippen MR) is 106 cm³/mol. The van der Waals surface area contributed by atoms with Crippen LogP contribution in [0.3, 0.4) is 0 Å². The van der Waals surface area contributed by atoms with Crippen LogP contribution in [0.2, 0.25) is 5.02 Å². The van der Waals surface area contributed by atoms with Gasteiger partial charge in [-0.05, 0) is 52.0 Å². The minimum Gasteiger partial charge on any atom is -0.399 e. The van der Waals surface area contributed by atoms with Crippen LogP contribution in [0.5, 0.6) is 0 Å². The van der Waals surface area contributed by atoms with Crippen LogP contribution in [-0.2, 0) is 9.31 Å². The molecule has 1 amide bonds. The fourth-order valence-corrected chi connectivity index (χ4v) is 3.05. The molecule has 136 valence electrons. The topological polar surface area (TPSA) is 38.8 Å². The first kappa shape index (κ1) is 19.0. The average molecular weight is 372 g/mol. The third-order valence-electron chi connectivity index (χ3n) is 5.20. The van der Waals surface area contributed by atoms with E-state index in [0.29, 0.717) is 10.6 Å². The first-order valence-electron chi connectivity index (χ1n) is 8.60. The van der Waals surface area contributed by atoms with Crippen LogP contribution in [0.4, 0.5) is 5.69 Å². The summed E-state index contributed by atoms with van der Waals surface area (Å²) in [6.45, 7) is 7.97. The summed E-state index contributed by atoms with van der Waals surface area (Å²) in [5, 5.41) is 0.454. The fourth-order valence-electron chi connectivity index (χ4n) is 2.78. The van der Waals surface area contributed by atoms with Gasteiger partial charge in [-0.2, -0.15) is 0 Å². The van der Waals surface area contributed by atoms with Crippen molar-refractivity contribution in [2.45, 2.75) is 38.9 Å². The summed E-state index contributed by atoms with van der Waals surface area (Å²) in [7, 11) is 1.19. The fraction of sp³-hybridized carbons (Fsp3) is 0.350. The Labute approximate surface area is 160 Å². The van der Waals surface area contributed by atoms with Crippen LogP contribution in [0.1, 0.15) is 38.1 Å². The summed E-state index contributed by atoms with van der Waals surface area (Å²) < 4.78 is 12.1. The standard InChI is InChI=1S/C20H23BClNO3/c1-19(2)20(3,4)26-21(25-19)16-12-11-14(13-17(16)22)18(24)23(5)15-9-7-6-8-10-15/h6-13H,1-5H3. The number of para-hydroxylation sites is 1. The molecule has 0 saturated carbocycles. The lowest BCUT2D eigenvalue weighted by Crippen LogP contribution is -2.41. The van der Waals surface area contributed by atoms with Crippen molar-refractivity contribution in [3.8, 4) is 0 Å². The minimum atomic E-state index is -0.552. The van der Waals surface area contributed by atoms with Gasteiger partial charge in [-0.1, -0.05) is 35.9 Å². The van der Waals surface area contributed by atoms with E-state index < -0.39 is 18.3 Å². The Morgan fingerprint density at radius 1 is 1.00 bits per heavy atom. The number of nitrogens with zero attached hydrogens (tertiary/aromatic N) is 1. The Kier molecular flexibility index (Phi) is 4.91. The summed E-state index contributed by atoms with van der Waals surface area (Å²) in [4.78, 5) is 14.3. The van der Waals surface area contributed by atoms with Gasteiger partial charge in [0, 0.05) is 28.8 Å². The minimum absolute atomic E-state index is 0.126. The van der Waals surface area contributed by atoms with Gasteiger partial charge in [0.05, 0.1) is 11.2 Å². The third-order valence-corrected chi connectivity index (χ3v) is 5.53. The monoisotopic (exact) mass is 371 g/mol. The maximum Gasteiger partial charge on any atom is 0.496 e. The van der Waals surface area contributed by atoms with Crippen LogP contribution < -0.4 is 10.4 Å². The second-order valence-corrected chi connectivity index (χ2v) is 7.93. The molecule has 4 nitrogen and oxygen atoms in total. The Balaban J connectivity index is 1.83. The molecule has 1 aliphatic rings. The Morgan fingerprint density at radius 2 is 1.58 bits per heavy atom. The summed E-state index contributed by atoms with van der Waals surface area (Å²) >= 11 is 6.46. The van der Waals surface area contributed by atoms with Crippen molar-refractivity contribution in [3.05, 3.63) is 59.1 Å². The van der Waals surface area contributed by atoms with E-state index in [-0.39, 0.29) is 5.91 Å². The highest BCUT2D eigenvalue weighted by atomic mass is 35.5. The van der Waals surface area contributed by atoms with Gasteiger partial charge in [0.2, 0.25) is 0 Å². The maximum absolute atomic E-state index is 12.7. The van der Waals surface area contributed by atoms with Gasteiger partial charge < -0.3 is 14.2 Å². The van der Waals surface area contributed by atoms with Crippen molar-refractivity contribution >= 4 is 35.8 Å². The normalized spacial score (nSPS) is 18.0. The number of rotatable bonds is 3. The van der Waals surface area contributed by atoms with E-state index in [2.05, 4.69) is 0 Å². The van der Waals surface area contributed by atoms with Gasteiger partial charge in [-0.15, -0.1) is 0 Å². The summed E-state index contributed by atoms with van der Waals surface area (Å²) in [6, 6.07) is 14.7. The molecule has 1 aliphatic heterocycles. The lowest BCUT2D eigenvalue weighted by Gasteiger charge is -2.32. The summed E-state index contributed by atoms with van der Waals surface area (Å²) in [5.74, 6) is -0.126. The zero-order chi connectivity index (χ0) is 19.1. The molecule has 0 aliphatic carbocycles. The van der Waals surface area contributed by atoms with Crippen LogP contribution in [0.25, 0.3) is 0 Å². The molecule has 1 saturated heterocycles. The van der Waals surface area contributed by atoms with E-state index in [4.69, 9.17) is 20.9 Å². The molecule has 0 N–H and O–H groups in total. The largest absolute Gasteiger partial charge is 0.496 e. The molecule has 0 bridgehead atoms. The van der Waals surface area contributed by atoms with Crippen molar-refractivity contribution in [2.75, 3.05) is 11.9 Å². The van der Waals surface area contributed by atoms with Gasteiger partial charge in [-0.3, -0.25) is 4.79 Å². The van der Waals surface area contributed by atoms with Crippen molar-refractivity contribution in [1.82, 2.24) is 0 Å². The Bertz CT molecular complexity index is 807. The van der Waals surface area contributed by atoms with Crippen molar-refractivity contribution in [3.63, 3.8) is 0 Å². The molecule has 1 fully saturated rings. The molecule has 6 heteroatoms.